The van der Waals surface area contributed by atoms with E-state index >= 15 is 0 Å². The molecule has 0 fully saturated rings. The molecule has 22 heavy (non-hydrogen) atoms. The molecule has 120 valence electrons. The number of rotatable bonds is 3. The molecule has 0 heterocycles. The Labute approximate surface area is 129 Å². The maximum Gasteiger partial charge on any atom is 0.573 e. The summed E-state index contributed by atoms with van der Waals surface area (Å²) in [7, 11) is 0. The normalized spacial score (nSPS) is 12.5. The molecule has 2 aromatic rings. The molecule has 8 heteroatoms. The quantitative estimate of drug-likeness (QED) is 0.845. The summed E-state index contributed by atoms with van der Waals surface area (Å²) in [5.74, 6) is -2.43. The Morgan fingerprint density at radius 2 is 1.41 bits per heavy atom. The molecule has 0 saturated carbocycles. The fourth-order valence-electron chi connectivity index (χ4n) is 1.78. The highest BCUT2D eigenvalue weighted by Gasteiger charge is 2.31. The highest BCUT2D eigenvalue weighted by atomic mass is 35.5. The summed E-state index contributed by atoms with van der Waals surface area (Å²) in [4.78, 5) is 0. The molecule has 0 radical (unpaired) electrons. The van der Waals surface area contributed by atoms with Crippen molar-refractivity contribution in [3.05, 3.63) is 65.2 Å². The van der Waals surface area contributed by atoms with Crippen molar-refractivity contribution >= 4 is 12.4 Å². The van der Waals surface area contributed by atoms with Gasteiger partial charge in [-0.15, -0.1) is 25.6 Å². The Bertz CT molecular complexity index is 630. The van der Waals surface area contributed by atoms with Crippen molar-refractivity contribution in [1.82, 2.24) is 0 Å². The van der Waals surface area contributed by atoms with Crippen molar-refractivity contribution < 1.29 is 26.7 Å². The lowest BCUT2D eigenvalue weighted by Gasteiger charge is -2.14. The lowest BCUT2D eigenvalue weighted by molar-refractivity contribution is -0.274. The lowest BCUT2D eigenvalue weighted by atomic mass is 9.99. The van der Waals surface area contributed by atoms with Crippen molar-refractivity contribution in [2.75, 3.05) is 0 Å². The minimum absolute atomic E-state index is 0. The van der Waals surface area contributed by atoms with E-state index < -0.39 is 24.0 Å². The maximum absolute atomic E-state index is 13.1. The van der Waals surface area contributed by atoms with Gasteiger partial charge in [0.15, 0.2) is 11.6 Å². The van der Waals surface area contributed by atoms with Crippen LogP contribution < -0.4 is 10.5 Å². The minimum atomic E-state index is -4.77. The molecule has 0 unspecified atom stereocenters. The third-order valence-corrected chi connectivity index (χ3v) is 2.78. The Kier molecular flexibility index (Phi) is 5.73. The molecule has 2 aromatic carbocycles. The second-order valence-corrected chi connectivity index (χ2v) is 4.27. The van der Waals surface area contributed by atoms with Crippen LogP contribution in [0.5, 0.6) is 5.75 Å². The molecule has 2 rings (SSSR count). The van der Waals surface area contributed by atoms with Crippen LogP contribution in [-0.2, 0) is 0 Å². The standard InChI is InChI=1S/C14H10F5NO.ClH/c15-11-6-3-9(7-12(11)16)13(20)8-1-4-10(5-2-8)21-14(17,18)19;/h1-7,13H,20H2;1H/t13-;/m1./s1. The van der Waals surface area contributed by atoms with E-state index in [0.717, 1.165) is 24.3 Å². The molecule has 0 aromatic heterocycles. The first-order valence-electron chi connectivity index (χ1n) is 5.82. The molecule has 0 amide bonds. The predicted molar refractivity (Wildman–Crippen MR) is 72.8 cm³/mol. The number of hydrogen-bond acceptors (Lipinski definition) is 2. The van der Waals surface area contributed by atoms with Gasteiger partial charge >= 0.3 is 6.36 Å². The number of benzene rings is 2. The fraction of sp³-hybridized carbons (Fsp3) is 0.143. The Morgan fingerprint density at radius 1 is 0.864 bits per heavy atom. The molecular weight excluding hydrogens is 329 g/mol. The van der Waals surface area contributed by atoms with E-state index in [1.54, 1.807) is 0 Å². The van der Waals surface area contributed by atoms with E-state index in [1.807, 2.05) is 0 Å². The predicted octanol–water partition coefficient (Wildman–Crippen LogP) is 4.33. The monoisotopic (exact) mass is 339 g/mol. The topological polar surface area (TPSA) is 35.2 Å². The summed E-state index contributed by atoms with van der Waals surface area (Å²) < 4.78 is 65.8. The van der Waals surface area contributed by atoms with Gasteiger partial charge in [-0.2, -0.15) is 0 Å². The van der Waals surface area contributed by atoms with Crippen molar-refractivity contribution in [3.8, 4) is 5.75 Å². The zero-order valence-electron chi connectivity index (χ0n) is 10.9. The van der Waals surface area contributed by atoms with Gasteiger partial charge in [0.2, 0.25) is 0 Å². The number of ether oxygens (including phenoxy) is 1. The molecule has 0 spiro atoms. The summed E-state index contributed by atoms with van der Waals surface area (Å²) in [6.45, 7) is 0. The summed E-state index contributed by atoms with van der Waals surface area (Å²) >= 11 is 0. The number of nitrogens with two attached hydrogens (primary N) is 1. The van der Waals surface area contributed by atoms with E-state index in [4.69, 9.17) is 5.73 Å². The summed E-state index contributed by atoms with van der Waals surface area (Å²) in [5, 5.41) is 0. The van der Waals surface area contributed by atoms with Gasteiger partial charge in [-0.3, -0.25) is 0 Å². The van der Waals surface area contributed by atoms with Crippen molar-refractivity contribution in [2.45, 2.75) is 12.4 Å². The SMILES string of the molecule is Cl.N[C@H](c1ccc(OC(F)(F)F)cc1)c1ccc(F)c(F)c1. The van der Waals surface area contributed by atoms with Gasteiger partial charge in [0.25, 0.3) is 0 Å². The maximum atomic E-state index is 13.1. The first-order chi connectivity index (χ1) is 9.76. The van der Waals surface area contributed by atoms with Crippen LogP contribution in [0.3, 0.4) is 0 Å². The zero-order chi connectivity index (χ0) is 15.6. The van der Waals surface area contributed by atoms with Gasteiger partial charge in [-0.25, -0.2) is 8.78 Å². The molecule has 0 aliphatic heterocycles. The zero-order valence-corrected chi connectivity index (χ0v) is 11.7. The van der Waals surface area contributed by atoms with Crippen LogP contribution in [0.15, 0.2) is 42.5 Å². The van der Waals surface area contributed by atoms with E-state index in [9.17, 15) is 22.0 Å². The third kappa shape index (κ3) is 4.57. The van der Waals surface area contributed by atoms with Crippen LogP contribution in [0, 0.1) is 11.6 Å². The Hall–Kier alpha value is -1.86. The number of alkyl halides is 3. The lowest BCUT2D eigenvalue weighted by Crippen LogP contribution is -2.17. The van der Waals surface area contributed by atoms with E-state index in [0.29, 0.717) is 11.1 Å². The van der Waals surface area contributed by atoms with Crippen molar-refractivity contribution in [2.24, 2.45) is 5.73 Å². The van der Waals surface area contributed by atoms with Crippen LogP contribution in [0.1, 0.15) is 17.2 Å². The fourth-order valence-corrected chi connectivity index (χ4v) is 1.78. The smallest absolute Gasteiger partial charge is 0.406 e. The van der Waals surface area contributed by atoms with Gasteiger partial charge in [0.05, 0.1) is 6.04 Å². The third-order valence-electron chi connectivity index (χ3n) is 2.78. The molecule has 2 N–H and O–H groups in total. The van der Waals surface area contributed by atoms with Gasteiger partial charge < -0.3 is 10.5 Å². The molecule has 0 aliphatic rings. The molecule has 1 atom stereocenters. The largest absolute Gasteiger partial charge is 0.573 e. The van der Waals surface area contributed by atoms with E-state index in [-0.39, 0.29) is 18.2 Å². The molecular formula is C14H11ClF5NO. The van der Waals surface area contributed by atoms with E-state index in [1.165, 1.54) is 18.2 Å². The van der Waals surface area contributed by atoms with Gasteiger partial charge in [0, 0.05) is 0 Å². The molecule has 2 nitrogen and oxygen atoms in total. The first kappa shape index (κ1) is 18.2. The van der Waals surface area contributed by atoms with Crippen LogP contribution >= 0.6 is 12.4 Å². The van der Waals surface area contributed by atoms with Crippen LogP contribution in [0.4, 0.5) is 22.0 Å². The molecule has 0 saturated heterocycles. The molecule has 0 bridgehead atoms. The summed E-state index contributed by atoms with van der Waals surface area (Å²) in [6, 6.07) is 7.25. The van der Waals surface area contributed by atoms with Crippen LogP contribution in [0.2, 0.25) is 0 Å². The van der Waals surface area contributed by atoms with Crippen LogP contribution in [0.25, 0.3) is 0 Å². The average Bonchev–Trinajstić information content (AvgIpc) is 2.40. The minimum Gasteiger partial charge on any atom is -0.406 e. The highest BCUT2D eigenvalue weighted by Crippen LogP contribution is 2.26. The van der Waals surface area contributed by atoms with Crippen molar-refractivity contribution in [3.63, 3.8) is 0 Å². The highest BCUT2D eigenvalue weighted by molar-refractivity contribution is 5.85. The molecule has 0 aliphatic carbocycles. The first-order valence-corrected chi connectivity index (χ1v) is 5.82. The van der Waals surface area contributed by atoms with E-state index in [2.05, 4.69) is 4.74 Å². The van der Waals surface area contributed by atoms with Crippen molar-refractivity contribution in [1.29, 1.82) is 0 Å². The second kappa shape index (κ2) is 6.93. The summed E-state index contributed by atoms with van der Waals surface area (Å²) in [6.07, 6.45) is -4.77. The van der Waals surface area contributed by atoms with Crippen LogP contribution in [-0.4, -0.2) is 6.36 Å². The Morgan fingerprint density at radius 3 is 1.91 bits per heavy atom. The van der Waals surface area contributed by atoms with Gasteiger partial charge in [0.1, 0.15) is 5.75 Å². The number of halogens is 6. The van der Waals surface area contributed by atoms with Gasteiger partial charge in [-0.05, 0) is 35.4 Å². The average molecular weight is 340 g/mol. The van der Waals surface area contributed by atoms with Gasteiger partial charge in [-0.1, -0.05) is 18.2 Å². The number of hydrogen-bond donors (Lipinski definition) is 1. The summed E-state index contributed by atoms with van der Waals surface area (Å²) in [5.41, 5.74) is 6.60. The second-order valence-electron chi connectivity index (χ2n) is 4.27. The Balaban J connectivity index is 0.00000242.